The highest BCUT2D eigenvalue weighted by atomic mass is 16.5. The first-order chi connectivity index (χ1) is 9.69. The maximum absolute atomic E-state index is 5.97. The van der Waals surface area contributed by atoms with Crippen molar-refractivity contribution in [1.82, 2.24) is 10.1 Å². The number of ether oxygens (including phenoxy) is 3. The molecule has 0 amide bonds. The van der Waals surface area contributed by atoms with Crippen LogP contribution in [0.1, 0.15) is 5.82 Å². The first-order valence-electron chi connectivity index (χ1n) is 6.03. The predicted octanol–water partition coefficient (Wildman–Crippen LogP) is 1.52. The van der Waals surface area contributed by atoms with Gasteiger partial charge in [0, 0.05) is 25.3 Å². The van der Waals surface area contributed by atoms with Gasteiger partial charge in [0.25, 0.3) is 5.89 Å². The molecule has 0 bridgehead atoms. The smallest absolute Gasteiger partial charge is 0.260 e. The maximum Gasteiger partial charge on any atom is 0.260 e. The van der Waals surface area contributed by atoms with Gasteiger partial charge in [-0.1, -0.05) is 5.16 Å². The molecule has 7 nitrogen and oxygen atoms in total. The van der Waals surface area contributed by atoms with Crippen LogP contribution in [0.25, 0.3) is 11.5 Å². The number of anilines is 1. The molecule has 7 heteroatoms. The summed E-state index contributed by atoms with van der Waals surface area (Å²) in [6.07, 6.45) is 0.577. The van der Waals surface area contributed by atoms with Gasteiger partial charge in [0.05, 0.1) is 26.4 Å². The van der Waals surface area contributed by atoms with Crippen LogP contribution in [-0.2, 0) is 11.2 Å². The van der Waals surface area contributed by atoms with Gasteiger partial charge in [-0.15, -0.1) is 0 Å². The Labute approximate surface area is 116 Å². The second-order valence-electron chi connectivity index (χ2n) is 4.05. The molecule has 1 heterocycles. The van der Waals surface area contributed by atoms with E-state index in [4.69, 9.17) is 24.5 Å². The molecule has 0 aliphatic carbocycles. The lowest BCUT2D eigenvalue weighted by molar-refractivity contribution is 0.199. The van der Waals surface area contributed by atoms with Gasteiger partial charge in [-0.25, -0.2) is 0 Å². The number of hydrogen-bond donors (Lipinski definition) is 1. The van der Waals surface area contributed by atoms with Crippen LogP contribution in [0.5, 0.6) is 11.5 Å². The minimum Gasteiger partial charge on any atom is -0.493 e. The molecule has 0 unspecified atom stereocenters. The van der Waals surface area contributed by atoms with E-state index in [0.717, 1.165) is 0 Å². The first-order valence-corrected chi connectivity index (χ1v) is 6.03. The molecule has 0 fully saturated rings. The van der Waals surface area contributed by atoms with E-state index in [0.29, 0.717) is 47.5 Å². The zero-order chi connectivity index (χ0) is 14.5. The molecule has 0 spiro atoms. The standard InChI is InChI=1S/C13H17N3O4/c1-17-5-4-12-15-13(20-16-12)8-6-10(18-2)11(19-3)7-9(8)14/h6-7H,4-5,14H2,1-3H3. The van der Waals surface area contributed by atoms with Gasteiger partial charge < -0.3 is 24.5 Å². The van der Waals surface area contributed by atoms with Gasteiger partial charge in [0.15, 0.2) is 17.3 Å². The van der Waals surface area contributed by atoms with E-state index < -0.39 is 0 Å². The van der Waals surface area contributed by atoms with Crippen LogP contribution in [0.2, 0.25) is 0 Å². The van der Waals surface area contributed by atoms with E-state index in [1.54, 1.807) is 33.5 Å². The highest BCUT2D eigenvalue weighted by molar-refractivity contribution is 5.75. The van der Waals surface area contributed by atoms with Crippen LogP contribution < -0.4 is 15.2 Å². The minimum absolute atomic E-state index is 0.342. The van der Waals surface area contributed by atoms with Gasteiger partial charge in [0.1, 0.15) is 0 Å². The highest BCUT2D eigenvalue weighted by Crippen LogP contribution is 2.36. The minimum atomic E-state index is 0.342. The summed E-state index contributed by atoms with van der Waals surface area (Å²) in [4.78, 5) is 4.28. The van der Waals surface area contributed by atoms with Crippen LogP contribution in [0, 0.1) is 0 Å². The molecule has 20 heavy (non-hydrogen) atoms. The summed E-state index contributed by atoms with van der Waals surface area (Å²) in [5.74, 6) is 2.01. The van der Waals surface area contributed by atoms with Crippen molar-refractivity contribution in [3.8, 4) is 23.0 Å². The summed E-state index contributed by atoms with van der Waals surface area (Å²) in [5.41, 5.74) is 7.06. The van der Waals surface area contributed by atoms with Crippen LogP contribution in [0.3, 0.4) is 0 Å². The van der Waals surface area contributed by atoms with E-state index in [1.165, 1.54) is 0 Å². The Morgan fingerprint density at radius 1 is 1.15 bits per heavy atom. The van der Waals surface area contributed by atoms with Crippen molar-refractivity contribution in [3.63, 3.8) is 0 Å². The summed E-state index contributed by atoms with van der Waals surface area (Å²) in [5, 5.41) is 3.88. The van der Waals surface area contributed by atoms with Gasteiger partial charge in [-0.2, -0.15) is 4.98 Å². The molecule has 2 N–H and O–H groups in total. The lowest BCUT2D eigenvalue weighted by atomic mass is 10.1. The van der Waals surface area contributed by atoms with Crippen LogP contribution in [-0.4, -0.2) is 38.1 Å². The SMILES string of the molecule is COCCc1noc(-c2cc(OC)c(OC)cc2N)n1. The van der Waals surface area contributed by atoms with E-state index >= 15 is 0 Å². The van der Waals surface area contributed by atoms with Crippen molar-refractivity contribution in [1.29, 1.82) is 0 Å². The Hall–Kier alpha value is -2.28. The van der Waals surface area contributed by atoms with E-state index in [2.05, 4.69) is 10.1 Å². The van der Waals surface area contributed by atoms with Crippen molar-refractivity contribution in [3.05, 3.63) is 18.0 Å². The number of benzene rings is 1. The third-order valence-corrected chi connectivity index (χ3v) is 2.78. The average Bonchev–Trinajstić information content (AvgIpc) is 2.93. The lowest BCUT2D eigenvalue weighted by Crippen LogP contribution is -1.97. The Morgan fingerprint density at radius 3 is 2.50 bits per heavy atom. The van der Waals surface area contributed by atoms with Crippen molar-refractivity contribution in [2.45, 2.75) is 6.42 Å². The Kier molecular flexibility index (Phi) is 4.41. The third kappa shape index (κ3) is 2.83. The van der Waals surface area contributed by atoms with Gasteiger partial charge in [0.2, 0.25) is 0 Å². The molecular formula is C13H17N3O4. The summed E-state index contributed by atoms with van der Waals surface area (Å²) in [6.45, 7) is 0.528. The summed E-state index contributed by atoms with van der Waals surface area (Å²) >= 11 is 0. The van der Waals surface area contributed by atoms with Crippen LogP contribution in [0.4, 0.5) is 5.69 Å². The molecule has 108 valence electrons. The number of rotatable bonds is 6. The molecule has 0 aliphatic heterocycles. The normalized spacial score (nSPS) is 10.6. The fourth-order valence-corrected chi connectivity index (χ4v) is 1.74. The summed E-state index contributed by atoms with van der Waals surface area (Å²) in [7, 11) is 4.72. The molecule has 0 radical (unpaired) electrons. The van der Waals surface area contributed by atoms with Crippen LogP contribution >= 0.6 is 0 Å². The molecule has 0 saturated carbocycles. The molecule has 2 aromatic rings. The molecule has 1 aromatic heterocycles. The third-order valence-electron chi connectivity index (χ3n) is 2.78. The van der Waals surface area contributed by atoms with Gasteiger partial charge in [-0.05, 0) is 6.07 Å². The second-order valence-corrected chi connectivity index (χ2v) is 4.05. The average molecular weight is 279 g/mol. The summed E-state index contributed by atoms with van der Waals surface area (Å²) < 4.78 is 20.6. The highest BCUT2D eigenvalue weighted by Gasteiger charge is 2.16. The van der Waals surface area contributed by atoms with E-state index in [1.807, 2.05) is 0 Å². The number of nitrogens with zero attached hydrogens (tertiary/aromatic N) is 2. The molecule has 0 atom stereocenters. The Balaban J connectivity index is 2.34. The number of aromatic nitrogens is 2. The Bertz CT molecular complexity index is 583. The van der Waals surface area contributed by atoms with Crippen LogP contribution in [0.15, 0.2) is 16.7 Å². The van der Waals surface area contributed by atoms with Gasteiger partial charge in [-0.3, -0.25) is 0 Å². The van der Waals surface area contributed by atoms with Crippen molar-refractivity contribution in [2.24, 2.45) is 0 Å². The van der Waals surface area contributed by atoms with E-state index in [-0.39, 0.29) is 0 Å². The largest absolute Gasteiger partial charge is 0.493 e. The lowest BCUT2D eigenvalue weighted by Gasteiger charge is -2.10. The second kappa shape index (κ2) is 6.25. The van der Waals surface area contributed by atoms with Crippen molar-refractivity contribution >= 4 is 5.69 Å². The molecule has 0 aliphatic rings. The molecule has 0 saturated heterocycles. The molecule has 2 rings (SSSR count). The zero-order valence-corrected chi connectivity index (χ0v) is 11.7. The van der Waals surface area contributed by atoms with E-state index in [9.17, 15) is 0 Å². The molecule has 1 aromatic carbocycles. The van der Waals surface area contributed by atoms with Crippen molar-refractivity contribution < 1.29 is 18.7 Å². The van der Waals surface area contributed by atoms with Crippen molar-refractivity contribution in [2.75, 3.05) is 33.7 Å². The number of nitrogens with two attached hydrogens (primary N) is 1. The monoisotopic (exact) mass is 279 g/mol. The number of methoxy groups -OCH3 is 3. The summed E-state index contributed by atoms with van der Waals surface area (Å²) in [6, 6.07) is 3.37. The predicted molar refractivity (Wildman–Crippen MR) is 72.8 cm³/mol. The Morgan fingerprint density at radius 2 is 1.85 bits per heavy atom. The zero-order valence-electron chi connectivity index (χ0n) is 11.7. The molecular weight excluding hydrogens is 262 g/mol. The number of hydrogen-bond acceptors (Lipinski definition) is 7. The topological polar surface area (TPSA) is 92.6 Å². The first kappa shape index (κ1) is 14.1. The fourth-order valence-electron chi connectivity index (χ4n) is 1.74. The maximum atomic E-state index is 5.97. The quantitative estimate of drug-likeness (QED) is 0.801. The van der Waals surface area contributed by atoms with Gasteiger partial charge >= 0.3 is 0 Å². The fraction of sp³-hybridized carbons (Fsp3) is 0.385. The number of nitrogen functional groups attached to an aromatic ring is 1.